The quantitative estimate of drug-likeness (QED) is 0.372. The number of aromatic nitrogens is 2. The summed E-state index contributed by atoms with van der Waals surface area (Å²) >= 11 is 0. The van der Waals surface area contributed by atoms with Crippen molar-refractivity contribution in [3.8, 4) is 0 Å². The van der Waals surface area contributed by atoms with Gasteiger partial charge in [0, 0.05) is 24.1 Å². The van der Waals surface area contributed by atoms with Gasteiger partial charge >= 0.3 is 6.03 Å². The number of aliphatic hydroxyl groups is 1. The van der Waals surface area contributed by atoms with Gasteiger partial charge in [-0.25, -0.2) is 13.4 Å². The second-order valence-corrected chi connectivity index (χ2v) is 20.4. The lowest BCUT2D eigenvalue weighted by molar-refractivity contribution is 0.0669. The van der Waals surface area contributed by atoms with E-state index in [0.717, 1.165) is 36.0 Å². The molecule has 1 atom stereocenters. The molecule has 4 rings (SSSR count). The van der Waals surface area contributed by atoms with Gasteiger partial charge in [0.2, 0.25) is 0 Å². The number of nitrogens with one attached hydrogen (secondary N) is 2. The third-order valence-electron chi connectivity index (χ3n) is 8.21. The van der Waals surface area contributed by atoms with Crippen LogP contribution in [0.15, 0.2) is 21.5 Å². The van der Waals surface area contributed by atoms with Gasteiger partial charge in [0.1, 0.15) is 13.8 Å². The maximum Gasteiger partial charge on any atom is 0.354 e. The van der Waals surface area contributed by atoms with E-state index >= 15 is 0 Å². The molecule has 11 heteroatoms. The molecule has 39 heavy (non-hydrogen) atoms. The van der Waals surface area contributed by atoms with Gasteiger partial charge in [-0.15, -0.1) is 4.36 Å². The first kappa shape index (κ1) is 29.6. The summed E-state index contributed by atoms with van der Waals surface area (Å²) < 4.78 is 24.0. The van der Waals surface area contributed by atoms with E-state index in [1.807, 2.05) is 26.9 Å². The fourth-order valence-corrected chi connectivity index (χ4v) is 10.5. The number of benzene rings is 1. The highest BCUT2D eigenvalue weighted by molar-refractivity contribution is 7.93. The summed E-state index contributed by atoms with van der Waals surface area (Å²) in [5.74, 6) is 0.0145. The van der Waals surface area contributed by atoms with Crippen molar-refractivity contribution in [2.24, 2.45) is 4.36 Å². The average molecular weight is 574 g/mol. The number of carbonyl (C=O) groups excluding carboxylic acids is 2. The summed E-state index contributed by atoms with van der Waals surface area (Å²) in [6.07, 6.45) is 3.73. The third-order valence-corrected chi connectivity index (χ3v) is 16.3. The van der Waals surface area contributed by atoms with Crippen LogP contribution in [0.3, 0.4) is 0 Å². The molecule has 0 spiro atoms. The lowest BCUT2D eigenvalue weighted by Gasteiger charge is -2.37. The van der Waals surface area contributed by atoms with E-state index in [0.29, 0.717) is 29.8 Å². The fourth-order valence-electron chi connectivity index (χ4n) is 5.06. The Labute approximate surface area is 233 Å². The zero-order valence-corrected chi connectivity index (χ0v) is 26.5. The molecule has 214 valence electrons. The molecule has 2 aromatic rings. The Morgan fingerprint density at radius 3 is 2.33 bits per heavy atom. The van der Waals surface area contributed by atoms with E-state index in [-0.39, 0.29) is 21.9 Å². The van der Waals surface area contributed by atoms with E-state index in [1.54, 1.807) is 24.6 Å². The molecule has 0 saturated heterocycles. The van der Waals surface area contributed by atoms with Gasteiger partial charge in [0.25, 0.3) is 0 Å². The average Bonchev–Trinajstić information content (AvgIpc) is 3.50. The highest BCUT2D eigenvalue weighted by Gasteiger charge is 2.41. The van der Waals surface area contributed by atoms with Crippen molar-refractivity contribution < 1.29 is 18.9 Å². The highest BCUT2D eigenvalue weighted by atomic mass is 32.2. The Hall–Kier alpha value is -2.34. The third kappa shape index (κ3) is 5.64. The van der Waals surface area contributed by atoms with E-state index in [2.05, 4.69) is 46.0 Å². The Morgan fingerprint density at radius 1 is 1.10 bits per heavy atom. The number of nitrogens with zero attached hydrogens (tertiary/aromatic N) is 3. The smallest absolute Gasteiger partial charge is 0.354 e. The SMILES string of the molecule is CC(C)n1nc(S(=O)(=NC(=O)Nc2c3c(cc4c2C(=O)CC4)CCC3)N[Si](C)(C)C(C)(C)C)cc1C(C)(C)O. The second kappa shape index (κ2) is 9.93. The van der Waals surface area contributed by atoms with E-state index in [9.17, 15) is 18.9 Å². The zero-order valence-electron chi connectivity index (χ0n) is 24.7. The highest BCUT2D eigenvalue weighted by Crippen LogP contribution is 2.39. The normalized spacial score (nSPS) is 17.3. The van der Waals surface area contributed by atoms with Crippen LogP contribution in [0.5, 0.6) is 0 Å². The minimum Gasteiger partial charge on any atom is -0.384 e. The monoisotopic (exact) mass is 573 g/mol. The van der Waals surface area contributed by atoms with Crippen molar-refractivity contribution >= 4 is 35.7 Å². The maximum atomic E-state index is 14.8. The Morgan fingerprint density at radius 2 is 1.77 bits per heavy atom. The van der Waals surface area contributed by atoms with Gasteiger partial charge in [-0.3, -0.25) is 9.48 Å². The second-order valence-electron chi connectivity index (χ2n) is 13.2. The maximum absolute atomic E-state index is 14.8. The predicted octanol–water partition coefficient (Wildman–Crippen LogP) is 5.88. The zero-order chi connectivity index (χ0) is 29.1. The van der Waals surface area contributed by atoms with Crippen LogP contribution in [-0.4, -0.2) is 39.1 Å². The van der Waals surface area contributed by atoms with Crippen LogP contribution in [0.2, 0.25) is 18.1 Å². The number of carbonyl (C=O) groups is 2. The molecular formula is C28H43N5O4SSi. The first-order valence-corrected chi connectivity index (χ1v) is 18.3. The summed E-state index contributed by atoms with van der Waals surface area (Å²) in [6.45, 7) is 17.5. The molecule has 2 aliphatic carbocycles. The van der Waals surface area contributed by atoms with Crippen molar-refractivity contribution in [3.05, 3.63) is 40.1 Å². The molecule has 9 nitrogen and oxygen atoms in total. The number of urea groups is 1. The number of Topliss-reactive ketones (excluding diaryl/α,β-unsaturated/α-hetero) is 1. The number of hydrogen-bond acceptors (Lipinski definition) is 5. The van der Waals surface area contributed by atoms with Crippen LogP contribution < -0.4 is 9.70 Å². The number of ketones is 1. The lowest BCUT2D eigenvalue weighted by Crippen LogP contribution is -2.54. The van der Waals surface area contributed by atoms with Gasteiger partial charge in [-0.1, -0.05) is 39.9 Å². The Balaban J connectivity index is 1.86. The topological polar surface area (TPSA) is 126 Å². The molecule has 3 N–H and O–H groups in total. The van der Waals surface area contributed by atoms with E-state index in [4.69, 9.17) is 0 Å². The van der Waals surface area contributed by atoms with Crippen LogP contribution >= 0.6 is 0 Å². The standard InChI is InChI=1S/C28H43N5O4SSi/c1-17(2)33-22(28(6,7)36)16-23(30-33)38(37,32-39(8,9)27(3,4)5)31-26(35)29-25-20-12-10-11-18(20)15-19-13-14-21(34)24(19)25/h15-17,36H,10-14H2,1-9H3,(H2,29,31,32,35,37). The summed E-state index contributed by atoms with van der Waals surface area (Å²) in [7, 11) is -6.04. The van der Waals surface area contributed by atoms with E-state index in [1.165, 1.54) is 0 Å². The Kier molecular flexibility index (Phi) is 7.55. The van der Waals surface area contributed by atoms with Crippen molar-refractivity contribution in [1.82, 2.24) is 14.2 Å². The summed E-state index contributed by atoms with van der Waals surface area (Å²) in [4.78, 5) is 26.4. The molecule has 2 amide bonds. The molecule has 2 aliphatic rings. The van der Waals surface area contributed by atoms with Crippen LogP contribution in [0, 0.1) is 0 Å². The molecule has 1 unspecified atom stereocenters. The van der Waals surface area contributed by atoms with Gasteiger partial charge in [-0.05, 0) is 75.1 Å². The van der Waals surface area contributed by atoms with Gasteiger partial charge in [0.15, 0.2) is 20.7 Å². The van der Waals surface area contributed by atoms with E-state index < -0.39 is 29.8 Å². The van der Waals surface area contributed by atoms with Crippen molar-refractivity contribution in [1.29, 1.82) is 0 Å². The molecule has 1 heterocycles. The first-order chi connectivity index (χ1) is 17.8. The number of aryl methyl sites for hydroxylation is 2. The number of amides is 2. The molecule has 1 aromatic carbocycles. The predicted molar refractivity (Wildman–Crippen MR) is 157 cm³/mol. The first-order valence-electron chi connectivity index (χ1n) is 13.7. The summed E-state index contributed by atoms with van der Waals surface area (Å²) in [5.41, 5.74) is 3.42. The minimum atomic E-state index is -3.57. The molecule has 0 fully saturated rings. The van der Waals surface area contributed by atoms with Gasteiger partial charge < -0.3 is 10.4 Å². The molecule has 1 aromatic heterocycles. The largest absolute Gasteiger partial charge is 0.384 e. The number of hydrogen-bond donors (Lipinski definition) is 3. The molecular weight excluding hydrogens is 530 g/mol. The number of fused-ring (bicyclic) bond motifs is 2. The summed E-state index contributed by atoms with van der Waals surface area (Å²) in [5, 5.41) is 18.2. The molecule has 0 bridgehead atoms. The van der Waals surface area contributed by atoms with Gasteiger partial charge in [0.05, 0.1) is 11.4 Å². The summed E-state index contributed by atoms with van der Waals surface area (Å²) in [6, 6.07) is 2.79. The fraction of sp³-hybridized carbons (Fsp3) is 0.607. The van der Waals surface area contributed by atoms with Crippen molar-refractivity contribution in [2.75, 3.05) is 5.32 Å². The number of anilines is 1. The molecule has 0 radical (unpaired) electrons. The lowest BCUT2D eigenvalue weighted by atomic mass is 9.98. The number of rotatable bonds is 6. The van der Waals surface area contributed by atoms with Crippen LogP contribution in [-0.2, 0) is 34.8 Å². The van der Waals surface area contributed by atoms with Crippen molar-refractivity contribution in [2.45, 2.75) is 115 Å². The van der Waals surface area contributed by atoms with Crippen molar-refractivity contribution in [3.63, 3.8) is 0 Å². The molecule has 0 saturated carbocycles. The Bertz CT molecular complexity index is 1450. The minimum absolute atomic E-state index is 0.0145. The van der Waals surface area contributed by atoms with Crippen LogP contribution in [0.4, 0.5) is 10.5 Å². The van der Waals surface area contributed by atoms with Crippen LogP contribution in [0.25, 0.3) is 0 Å². The molecule has 0 aliphatic heterocycles. The van der Waals surface area contributed by atoms with Gasteiger partial charge in [-0.2, -0.15) is 5.10 Å². The van der Waals surface area contributed by atoms with Crippen LogP contribution in [0.1, 0.15) is 100 Å².